The molecule has 2 saturated heterocycles. The van der Waals surface area contributed by atoms with E-state index in [2.05, 4.69) is 0 Å². The van der Waals surface area contributed by atoms with Gasteiger partial charge in [-0.1, -0.05) is 30.7 Å². The third kappa shape index (κ3) is 2.55. The molecule has 0 spiro atoms. The van der Waals surface area contributed by atoms with Gasteiger partial charge in [0.15, 0.2) is 0 Å². The summed E-state index contributed by atoms with van der Waals surface area (Å²) in [5, 5.41) is 2.46. The summed E-state index contributed by atoms with van der Waals surface area (Å²) < 4.78 is 5.05. The Balaban J connectivity index is 2.13. The third-order valence-corrected chi connectivity index (χ3v) is 5.73. The van der Waals surface area contributed by atoms with Crippen molar-refractivity contribution in [3.8, 4) is 0 Å². The van der Waals surface area contributed by atoms with E-state index in [9.17, 15) is 14.4 Å². The Morgan fingerprint density at radius 1 is 1.28 bits per heavy atom. The van der Waals surface area contributed by atoms with Gasteiger partial charge in [-0.15, -0.1) is 0 Å². The van der Waals surface area contributed by atoms with Crippen molar-refractivity contribution in [3.05, 3.63) is 34.9 Å². The van der Waals surface area contributed by atoms with Crippen LogP contribution in [0.15, 0.2) is 24.3 Å². The molecule has 0 saturated carbocycles. The molecule has 2 aliphatic heterocycles. The van der Waals surface area contributed by atoms with Crippen LogP contribution in [-0.4, -0.2) is 42.4 Å². The zero-order valence-electron chi connectivity index (χ0n) is 14.5. The number of rotatable bonds is 4. The third-order valence-electron chi connectivity index (χ3n) is 5.47. The Bertz CT molecular complexity index is 720. The summed E-state index contributed by atoms with van der Waals surface area (Å²) in [4.78, 5) is 39.4. The molecule has 6 nitrogen and oxygen atoms in total. The molecule has 0 bridgehead atoms. The van der Waals surface area contributed by atoms with Crippen molar-refractivity contribution in [3.63, 3.8) is 0 Å². The summed E-state index contributed by atoms with van der Waals surface area (Å²) in [6, 6.07) is 6.87. The number of nitrogens with two attached hydrogens (primary N) is 1. The molecule has 0 aromatic heterocycles. The van der Waals surface area contributed by atoms with Gasteiger partial charge in [-0.05, 0) is 18.6 Å². The van der Waals surface area contributed by atoms with Gasteiger partial charge in [0.25, 0.3) is 0 Å². The lowest BCUT2D eigenvalue weighted by atomic mass is 9.77. The lowest BCUT2D eigenvalue weighted by Crippen LogP contribution is -2.98. The van der Waals surface area contributed by atoms with Crippen LogP contribution >= 0.6 is 11.6 Å². The van der Waals surface area contributed by atoms with Gasteiger partial charge in [0, 0.05) is 24.1 Å². The van der Waals surface area contributed by atoms with Crippen LogP contribution in [0.1, 0.15) is 31.4 Å². The maximum atomic E-state index is 12.8. The molecular weight excluding hydrogens is 344 g/mol. The molecule has 7 heteroatoms. The number of methoxy groups -OCH3 is 1. The first-order chi connectivity index (χ1) is 11.9. The predicted molar refractivity (Wildman–Crippen MR) is 90.5 cm³/mol. The standard InChI is InChI=1S/C18H21ClN2O4/c1-4-9-18(17(24)25-3)13-12(15(22)21(2)16(13)23)14(20-18)10-5-7-11(19)8-6-10/h5-8,12-14,20H,4,9H2,1-3H3/p+1/t12-,13+,14-,18-/m0/s1. The second-order valence-corrected chi connectivity index (χ2v) is 7.20. The SMILES string of the molecule is CCC[C@]1(C(=O)OC)[NH2+][C@@H](c2ccc(Cl)cc2)[C@H]2C(=O)N(C)C(=O)[C@@H]21. The van der Waals surface area contributed by atoms with Crippen molar-refractivity contribution >= 4 is 29.4 Å². The molecule has 0 unspecified atom stereocenters. The average Bonchev–Trinajstić information content (AvgIpc) is 3.06. The van der Waals surface area contributed by atoms with Gasteiger partial charge in [0.05, 0.1) is 7.11 Å². The number of benzene rings is 1. The van der Waals surface area contributed by atoms with Crippen LogP contribution in [0.3, 0.4) is 0 Å². The van der Waals surface area contributed by atoms with Gasteiger partial charge >= 0.3 is 5.97 Å². The zero-order chi connectivity index (χ0) is 18.4. The van der Waals surface area contributed by atoms with E-state index >= 15 is 0 Å². The highest BCUT2D eigenvalue weighted by atomic mass is 35.5. The zero-order valence-corrected chi connectivity index (χ0v) is 15.2. The highest BCUT2D eigenvalue weighted by molar-refractivity contribution is 6.30. The fraction of sp³-hybridized carbons (Fsp3) is 0.500. The highest BCUT2D eigenvalue weighted by Crippen LogP contribution is 2.45. The number of ether oxygens (including phenoxy) is 1. The second kappa shape index (κ2) is 6.42. The van der Waals surface area contributed by atoms with Crippen molar-refractivity contribution in [1.82, 2.24) is 4.90 Å². The van der Waals surface area contributed by atoms with Crippen LogP contribution < -0.4 is 5.32 Å². The summed E-state index contributed by atoms with van der Waals surface area (Å²) in [5.74, 6) is -2.28. The van der Waals surface area contributed by atoms with E-state index in [1.807, 2.05) is 24.4 Å². The second-order valence-electron chi connectivity index (χ2n) is 6.76. The Morgan fingerprint density at radius 3 is 2.48 bits per heavy atom. The summed E-state index contributed by atoms with van der Waals surface area (Å²) in [5.41, 5.74) is -0.201. The fourth-order valence-corrected chi connectivity index (χ4v) is 4.52. The Kier molecular flexibility index (Phi) is 4.60. The van der Waals surface area contributed by atoms with Crippen LogP contribution in [0, 0.1) is 11.8 Å². The molecule has 134 valence electrons. The number of carbonyl (C=O) groups excluding carboxylic acids is 3. The number of carbonyl (C=O) groups is 3. The number of nitrogens with zero attached hydrogens (tertiary/aromatic N) is 1. The molecule has 3 rings (SSSR count). The first-order valence-electron chi connectivity index (χ1n) is 8.38. The number of quaternary nitrogens is 1. The van der Waals surface area contributed by atoms with Crippen LogP contribution in [0.25, 0.3) is 0 Å². The molecule has 2 amide bonds. The number of imide groups is 1. The van der Waals surface area contributed by atoms with Crippen LogP contribution in [0.2, 0.25) is 5.02 Å². The molecular formula is C18H22ClN2O4+. The van der Waals surface area contributed by atoms with E-state index in [0.29, 0.717) is 17.9 Å². The Labute approximate surface area is 151 Å². The minimum Gasteiger partial charge on any atom is -0.464 e. The molecule has 0 aliphatic carbocycles. The minimum atomic E-state index is -1.07. The first kappa shape index (κ1) is 17.9. The fourth-order valence-electron chi connectivity index (χ4n) is 4.39. The number of hydrogen-bond donors (Lipinski definition) is 1. The van der Waals surface area contributed by atoms with E-state index < -0.39 is 23.3 Å². The summed E-state index contributed by atoms with van der Waals surface area (Å²) in [6.07, 6.45) is 1.17. The summed E-state index contributed by atoms with van der Waals surface area (Å²) >= 11 is 5.97. The molecule has 1 aromatic rings. The Hall–Kier alpha value is -1.92. The first-order valence-corrected chi connectivity index (χ1v) is 8.76. The van der Waals surface area contributed by atoms with Gasteiger partial charge in [0.2, 0.25) is 17.4 Å². The minimum absolute atomic E-state index is 0.243. The molecule has 2 N–H and O–H groups in total. The normalized spacial score (nSPS) is 31.4. The highest BCUT2D eigenvalue weighted by Gasteiger charge is 2.71. The van der Waals surface area contributed by atoms with Gasteiger partial charge in [-0.3, -0.25) is 14.5 Å². The van der Waals surface area contributed by atoms with E-state index in [1.165, 1.54) is 14.2 Å². The van der Waals surface area contributed by atoms with Gasteiger partial charge in [-0.25, -0.2) is 4.79 Å². The van der Waals surface area contributed by atoms with Crippen LogP contribution in [0.4, 0.5) is 0 Å². The van der Waals surface area contributed by atoms with Crippen molar-refractivity contribution in [2.24, 2.45) is 11.8 Å². The number of fused-ring (bicyclic) bond motifs is 1. The van der Waals surface area contributed by atoms with Gasteiger partial charge in [-0.2, -0.15) is 0 Å². The lowest BCUT2D eigenvalue weighted by molar-refractivity contribution is -0.735. The van der Waals surface area contributed by atoms with Crippen LogP contribution in [-0.2, 0) is 19.1 Å². The maximum absolute atomic E-state index is 12.8. The number of amides is 2. The molecule has 25 heavy (non-hydrogen) atoms. The lowest BCUT2D eigenvalue weighted by Gasteiger charge is -2.28. The monoisotopic (exact) mass is 365 g/mol. The Morgan fingerprint density at radius 2 is 1.92 bits per heavy atom. The van der Waals surface area contributed by atoms with Crippen LogP contribution in [0.5, 0.6) is 0 Å². The summed E-state index contributed by atoms with van der Waals surface area (Å²) in [7, 11) is 2.80. The van der Waals surface area contributed by atoms with Gasteiger partial charge < -0.3 is 10.1 Å². The summed E-state index contributed by atoms with van der Waals surface area (Å²) in [6.45, 7) is 1.95. The topological polar surface area (TPSA) is 80.3 Å². The number of halogens is 1. The van der Waals surface area contributed by atoms with E-state index in [0.717, 1.165) is 10.5 Å². The van der Waals surface area contributed by atoms with Crippen molar-refractivity contribution in [2.45, 2.75) is 31.3 Å². The molecule has 4 atom stereocenters. The molecule has 1 aromatic carbocycles. The predicted octanol–water partition coefficient (Wildman–Crippen LogP) is 0.901. The molecule has 2 aliphatic rings. The number of hydrogen-bond acceptors (Lipinski definition) is 4. The van der Waals surface area contributed by atoms with Crippen molar-refractivity contribution in [2.75, 3.05) is 14.2 Å². The smallest absolute Gasteiger partial charge is 0.368 e. The van der Waals surface area contributed by atoms with E-state index in [-0.39, 0.29) is 17.9 Å². The molecule has 0 radical (unpaired) electrons. The van der Waals surface area contributed by atoms with Crippen molar-refractivity contribution < 1.29 is 24.4 Å². The van der Waals surface area contributed by atoms with E-state index in [4.69, 9.17) is 16.3 Å². The largest absolute Gasteiger partial charge is 0.464 e. The molecule has 2 fully saturated rings. The maximum Gasteiger partial charge on any atom is 0.368 e. The number of esters is 1. The average molecular weight is 366 g/mol. The van der Waals surface area contributed by atoms with Crippen molar-refractivity contribution in [1.29, 1.82) is 0 Å². The van der Waals surface area contributed by atoms with E-state index in [1.54, 1.807) is 12.1 Å². The number of likely N-dealkylation sites (tertiary alicyclic amines) is 1. The quantitative estimate of drug-likeness (QED) is 0.635. The molecule has 2 heterocycles. The van der Waals surface area contributed by atoms with Gasteiger partial charge in [0.1, 0.15) is 17.9 Å².